The summed E-state index contributed by atoms with van der Waals surface area (Å²) in [6.45, 7) is 7.05. The molecule has 4 atom stereocenters. The number of carbonyl (C=O) groups is 1. The van der Waals surface area contributed by atoms with Crippen LogP contribution in [0, 0.1) is 0 Å². The molecule has 1 saturated heterocycles. The van der Waals surface area contributed by atoms with Crippen molar-refractivity contribution in [3.8, 4) is 11.1 Å². The number of alkyl carbamates (subject to hydrolysis) is 1. The van der Waals surface area contributed by atoms with E-state index in [1.165, 1.54) is 22.4 Å². The highest BCUT2D eigenvalue weighted by Crippen LogP contribution is 2.39. The minimum Gasteiger partial charge on any atom is -0.445 e. The Bertz CT molecular complexity index is 1860. The third-order valence-electron chi connectivity index (χ3n) is 9.29. The zero-order valence-corrected chi connectivity index (χ0v) is 28.1. The second-order valence-electron chi connectivity index (χ2n) is 12.6. The molecule has 2 N–H and O–H groups in total. The molecule has 4 unspecified atom stereocenters. The summed E-state index contributed by atoms with van der Waals surface area (Å²) in [5.74, 6) is 0. The minimum absolute atomic E-state index is 0.00254. The molecule has 5 aromatic carbocycles. The van der Waals surface area contributed by atoms with Gasteiger partial charge in [-0.3, -0.25) is 4.90 Å². The minimum atomic E-state index is -0.559. The Morgan fingerprint density at radius 1 is 0.939 bits per heavy atom. The van der Waals surface area contributed by atoms with E-state index in [2.05, 4.69) is 97.5 Å². The molecule has 1 aliphatic rings. The molecule has 0 spiro atoms. The van der Waals surface area contributed by atoms with E-state index in [1.54, 1.807) is 0 Å². The van der Waals surface area contributed by atoms with E-state index in [0.717, 1.165) is 39.9 Å². The number of benzene rings is 5. The number of fused-ring (bicyclic) bond motifs is 1. The topological polar surface area (TPSA) is 80.3 Å². The summed E-state index contributed by atoms with van der Waals surface area (Å²) in [5, 5.41) is 14.9. The van der Waals surface area contributed by atoms with Gasteiger partial charge in [0, 0.05) is 31.1 Å². The highest BCUT2D eigenvalue weighted by atomic mass is 16.7. The molecule has 252 valence electrons. The van der Waals surface area contributed by atoms with E-state index in [4.69, 9.17) is 14.2 Å². The molecule has 5 aromatic rings. The summed E-state index contributed by atoms with van der Waals surface area (Å²) in [7, 11) is 2.15. The molecule has 1 heterocycles. The first-order chi connectivity index (χ1) is 23.9. The van der Waals surface area contributed by atoms with Gasteiger partial charge < -0.3 is 24.6 Å². The fraction of sp³-hybridized carbons (Fsp3) is 0.262. The van der Waals surface area contributed by atoms with E-state index < -0.39 is 12.4 Å². The monoisotopic (exact) mass is 656 g/mol. The third-order valence-corrected chi connectivity index (χ3v) is 9.29. The van der Waals surface area contributed by atoms with Crippen molar-refractivity contribution in [3.63, 3.8) is 0 Å². The molecule has 1 aliphatic heterocycles. The molecular formula is C42H44N2O5. The second-order valence-corrected chi connectivity index (χ2v) is 12.6. The second kappa shape index (κ2) is 16.1. The van der Waals surface area contributed by atoms with Crippen molar-refractivity contribution < 1.29 is 24.1 Å². The molecule has 1 fully saturated rings. The Hall–Kier alpha value is -4.79. The number of aliphatic hydroxyl groups is 1. The lowest BCUT2D eigenvalue weighted by Crippen LogP contribution is -2.38. The first-order valence-electron chi connectivity index (χ1n) is 16.8. The number of ether oxygens (including phenoxy) is 3. The van der Waals surface area contributed by atoms with Crippen LogP contribution >= 0.6 is 0 Å². The number of amides is 1. The van der Waals surface area contributed by atoms with Crippen molar-refractivity contribution in [2.45, 2.75) is 51.0 Å². The maximum absolute atomic E-state index is 12.0. The molecule has 0 aromatic heterocycles. The number of carbonyl (C=O) groups excluding carboxylic acids is 1. The van der Waals surface area contributed by atoms with Gasteiger partial charge in [0.05, 0.1) is 18.8 Å². The largest absolute Gasteiger partial charge is 0.445 e. The lowest BCUT2D eigenvalue weighted by Gasteiger charge is -2.39. The molecule has 0 bridgehead atoms. The van der Waals surface area contributed by atoms with E-state index in [1.807, 2.05) is 48.5 Å². The van der Waals surface area contributed by atoms with Crippen molar-refractivity contribution in [1.82, 2.24) is 10.2 Å². The lowest BCUT2D eigenvalue weighted by molar-refractivity contribution is -0.253. The van der Waals surface area contributed by atoms with Crippen molar-refractivity contribution in [3.05, 3.63) is 156 Å². The molecule has 0 radical (unpaired) electrons. The summed E-state index contributed by atoms with van der Waals surface area (Å²) in [6.07, 6.45) is 0.948. The number of hydrogen-bond acceptors (Lipinski definition) is 6. The van der Waals surface area contributed by atoms with E-state index in [0.29, 0.717) is 13.0 Å². The van der Waals surface area contributed by atoms with Crippen LogP contribution in [-0.2, 0) is 27.4 Å². The Morgan fingerprint density at radius 3 is 2.41 bits per heavy atom. The zero-order chi connectivity index (χ0) is 34.2. The van der Waals surface area contributed by atoms with Gasteiger partial charge in [-0.05, 0) is 64.2 Å². The highest BCUT2D eigenvalue weighted by molar-refractivity contribution is 5.83. The molecule has 6 rings (SSSR count). The molecule has 7 nitrogen and oxygen atoms in total. The normalized spacial score (nSPS) is 18.2. The Labute approximate surface area is 288 Å². The van der Waals surface area contributed by atoms with Crippen LogP contribution in [0.2, 0.25) is 0 Å². The van der Waals surface area contributed by atoms with E-state index in [-0.39, 0.29) is 31.5 Å². The van der Waals surface area contributed by atoms with Crippen LogP contribution in [-0.4, -0.2) is 42.4 Å². The number of aliphatic hydroxyl groups excluding tert-OH is 1. The van der Waals surface area contributed by atoms with Gasteiger partial charge in [0.2, 0.25) is 0 Å². The fourth-order valence-electron chi connectivity index (χ4n) is 6.36. The Balaban J connectivity index is 1.20. The third kappa shape index (κ3) is 8.45. The predicted molar refractivity (Wildman–Crippen MR) is 194 cm³/mol. The van der Waals surface area contributed by atoms with Gasteiger partial charge >= 0.3 is 6.09 Å². The SMILES string of the molecule is C=CCOC(=O)NCc1ccccc1-c1ccc(C2OC(CN(C)C(C)c3ccc4ccccc4c3)CC(c3ccc(CO)cc3)O2)cc1. The van der Waals surface area contributed by atoms with Gasteiger partial charge in [0.15, 0.2) is 6.29 Å². The first kappa shape index (κ1) is 34.1. The summed E-state index contributed by atoms with van der Waals surface area (Å²) in [5.41, 5.74) is 7.14. The van der Waals surface area contributed by atoms with Crippen LogP contribution in [0.1, 0.15) is 59.6 Å². The van der Waals surface area contributed by atoms with Crippen molar-refractivity contribution in [2.24, 2.45) is 0 Å². The van der Waals surface area contributed by atoms with Gasteiger partial charge in [0.1, 0.15) is 6.61 Å². The Morgan fingerprint density at radius 2 is 1.65 bits per heavy atom. The number of hydrogen-bond donors (Lipinski definition) is 2. The lowest BCUT2D eigenvalue weighted by atomic mass is 9.97. The standard InChI is InChI=1S/C42H44N2O5/c1-4-23-47-42(46)43-26-37-11-7-8-12-39(37)32-18-20-34(21-19-32)41-48-38(25-40(49-41)33-15-13-30(28-45)14-16-33)27-44(3)29(2)35-22-17-31-9-5-6-10-36(31)24-35/h4-22,24,29,38,40-41,45H,1,23,25-28H2,2-3H3,(H,43,46). The van der Waals surface area contributed by atoms with Crippen molar-refractivity contribution in [1.29, 1.82) is 0 Å². The molecular weight excluding hydrogens is 612 g/mol. The van der Waals surface area contributed by atoms with Crippen molar-refractivity contribution >= 4 is 16.9 Å². The molecule has 0 saturated carbocycles. The fourth-order valence-corrected chi connectivity index (χ4v) is 6.36. The first-order valence-corrected chi connectivity index (χ1v) is 16.8. The van der Waals surface area contributed by atoms with Crippen LogP contribution in [0.15, 0.2) is 128 Å². The van der Waals surface area contributed by atoms with Crippen LogP contribution < -0.4 is 5.32 Å². The summed E-state index contributed by atoms with van der Waals surface area (Å²) >= 11 is 0. The summed E-state index contributed by atoms with van der Waals surface area (Å²) in [4.78, 5) is 14.4. The number of likely N-dealkylation sites (N-methyl/N-ethyl adjacent to an activating group) is 1. The maximum atomic E-state index is 12.0. The predicted octanol–water partition coefficient (Wildman–Crippen LogP) is 8.65. The number of rotatable bonds is 12. The molecule has 1 amide bonds. The number of nitrogens with one attached hydrogen (secondary N) is 1. The van der Waals surface area contributed by atoms with Crippen LogP contribution in [0.3, 0.4) is 0 Å². The average Bonchev–Trinajstić information content (AvgIpc) is 3.15. The summed E-state index contributed by atoms with van der Waals surface area (Å²) in [6, 6.07) is 39.5. The molecule has 0 aliphatic carbocycles. The summed E-state index contributed by atoms with van der Waals surface area (Å²) < 4.78 is 18.4. The van der Waals surface area contributed by atoms with Gasteiger partial charge in [-0.25, -0.2) is 4.79 Å². The van der Waals surface area contributed by atoms with Gasteiger partial charge in [-0.1, -0.05) is 122 Å². The van der Waals surface area contributed by atoms with Crippen LogP contribution in [0.5, 0.6) is 0 Å². The quantitative estimate of drug-likeness (QED) is 0.131. The molecule has 7 heteroatoms. The zero-order valence-electron chi connectivity index (χ0n) is 28.1. The smallest absolute Gasteiger partial charge is 0.407 e. The van der Waals surface area contributed by atoms with Gasteiger partial charge in [-0.2, -0.15) is 0 Å². The number of nitrogens with zero attached hydrogens (tertiary/aromatic N) is 1. The Kier molecular flexibility index (Phi) is 11.2. The maximum Gasteiger partial charge on any atom is 0.407 e. The average molecular weight is 657 g/mol. The van der Waals surface area contributed by atoms with Crippen LogP contribution in [0.4, 0.5) is 4.79 Å². The van der Waals surface area contributed by atoms with Crippen LogP contribution in [0.25, 0.3) is 21.9 Å². The van der Waals surface area contributed by atoms with Gasteiger partial charge in [0.25, 0.3) is 0 Å². The van der Waals surface area contributed by atoms with E-state index >= 15 is 0 Å². The molecule has 49 heavy (non-hydrogen) atoms. The highest BCUT2D eigenvalue weighted by Gasteiger charge is 2.33. The van der Waals surface area contributed by atoms with E-state index in [9.17, 15) is 9.90 Å². The van der Waals surface area contributed by atoms with Gasteiger partial charge in [-0.15, -0.1) is 0 Å². The van der Waals surface area contributed by atoms with Crippen molar-refractivity contribution in [2.75, 3.05) is 20.2 Å².